The highest BCUT2D eigenvalue weighted by atomic mass is 32.1. The van der Waals surface area contributed by atoms with E-state index in [0.717, 1.165) is 21.9 Å². The fraction of sp³-hybridized carbons (Fsp3) is 0.214. The average Bonchev–Trinajstić information content (AvgIpc) is 3.08. The molecule has 8 heteroatoms. The quantitative estimate of drug-likeness (QED) is 0.626. The van der Waals surface area contributed by atoms with Crippen LogP contribution in [-0.4, -0.2) is 29.5 Å². The highest BCUT2D eigenvalue weighted by molar-refractivity contribution is 7.14. The SMILES string of the molecule is Cc1nc(NC(C)c2cn3ncsc3n2)c2cccnc2n1. The largest absolute Gasteiger partial charge is 0.361 e. The number of aromatic nitrogens is 6. The van der Waals surface area contributed by atoms with E-state index in [1.807, 2.05) is 32.2 Å². The molecule has 4 aromatic rings. The van der Waals surface area contributed by atoms with Crippen LogP contribution in [0.5, 0.6) is 0 Å². The Kier molecular flexibility index (Phi) is 2.97. The molecule has 0 aliphatic carbocycles. The first-order valence-corrected chi connectivity index (χ1v) is 7.73. The minimum atomic E-state index is 0.00612. The summed E-state index contributed by atoms with van der Waals surface area (Å²) >= 11 is 1.51. The van der Waals surface area contributed by atoms with E-state index in [4.69, 9.17) is 0 Å². The number of nitrogens with one attached hydrogen (secondary N) is 1. The Morgan fingerprint density at radius 1 is 1.27 bits per heavy atom. The lowest BCUT2D eigenvalue weighted by atomic mass is 10.2. The molecule has 0 aliphatic rings. The van der Waals surface area contributed by atoms with Gasteiger partial charge in [0.25, 0.3) is 0 Å². The molecule has 4 rings (SSSR count). The Bertz CT molecular complexity index is 930. The Balaban J connectivity index is 1.72. The van der Waals surface area contributed by atoms with Crippen LogP contribution in [0.1, 0.15) is 24.5 Å². The third kappa shape index (κ3) is 2.17. The summed E-state index contributed by atoms with van der Waals surface area (Å²) in [5, 5.41) is 8.51. The molecule has 4 heterocycles. The molecule has 1 N–H and O–H groups in total. The van der Waals surface area contributed by atoms with Gasteiger partial charge in [0, 0.05) is 6.20 Å². The van der Waals surface area contributed by atoms with Crippen molar-refractivity contribution in [2.45, 2.75) is 19.9 Å². The highest BCUT2D eigenvalue weighted by Crippen LogP contribution is 2.24. The molecule has 0 amide bonds. The van der Waals surface area contributed by atoms with Crippen LogP contribution in [0, 0.1) is 6.92 Å². The van der Waals surface area contributed by atoms with Crippen molar-refractivity contribution >= 4 is 33.1 Å². The number of imidazole rings is 1. The first kappa shape index (κ1) is 13.1. The van der Waals surface area contributed by atoms with E-state index in [2.05, 4.69) is 30.4 Å². The number of hydrogen-bond acceptors (Lipinski definition) is 7. The summed E-state index contributed by atoms with van der Waals surface area (Å²) in [6, 6.07) is 3.85. The number of fused-ring (bicyclic) bond motifs is 2. The van der Waals surface area contributed by atoms with E-state index in [1.54, 1.807) is 16.2 Å². The second kappa shape index (κ2) is 4.99. The maximum absolute atomic E-state index is 4.57. The number of rotatable bonds is 3. The fourth-order valence-electron chi connectivity index (χ4n) is 2.32. The zero-order valence-electron chi connectivity index (χ0n) is 12.1. The van der Waals surface area contributed by atoms with E-state index in [0.29, 0.717) is 11.5 Å². The van der Waals surface area contributed by atoms with Crippen molar-refractivity contribution in [1.29, 1.82) is 0 Å². The van der Waals surface area contributed by atoms with Gasteiger partial charge in [0.2, 0.25) is 4.96 Å². The summed E-state index contributed by atoms with van der Waals surface area (Å²) in [5.74, 6) is 1.46. The van der Waals surface area contributed by atoms with Gasteiger partial charge in [-0.25, -0.2) is 24.5 Å². The smallest absolute Gasteiger partial charge is 0.212 e. The molecule has 0 radical (unpaired) electrons. The van der Waals surface area contributed by atoms with Crippen molar-refractivity contribution in [3.63, 3.8) is 0 Å². The molecule has 0 bridgehead atoms. The molecule has 0 aliphatic heterocycles. The first-order valence-electron chi connectivity index (χ1n) is 6.85. The highest BCUT2D eigenvalue weighted by Gasteiger charge is 2.14. The summed E-state index contributed by atoms with van der Waals surface area (Å²) in [4.78, 5) is 18.6. The van der Waals surface area contributed by atoms with Crippen LogP contribution in [0.15, 0.2) is 30.0 Å². The van der Waals surface area contributed by atoms with Gasteiger partial charge >= 0.3 is 0 Å². The van der Waals surface area contributed by atoms with Gasteiger partial charge in [0.05, 0.1) is 23.3 Å². The topological polar surface area (TPSA) is 80.9 Å². The first-order chi connectivity index (χ1) is 10.7. The molecule has 0 aromatic carbocycles. The zero-order valence-corrected chi connectivity index (χ0v) is 12.9. The summed E-state index contributed by atoms with van der Waals surface area (Å²) < 4.78 is 1.78. The van der Waals surface area contributed by atoms with Crippen LogP contribution >= 0.6 is 11.3 Å². The number of anilines is 1. The molecule has 0 saturated carbocycles. The third-order valence-corrected chi connectivity index (χ3v) is 4.07. The normalized spacial score (nSPS) is 12.8. The molecular formula is C14H13N7S. The van der Waals surface area contributed by atoms with Crippen LogP contribution in [0.4, 0.5) is 5.82 Å². The van der Waals surface area contributed by atoms with Gasteiger partial charge in [-0.15, -0.1) is 0 Å². The van der Waals surface area contributed by atoms with Gasteiger partial charge in [-0.05, 0) is 26.0 Å². The predicted octanol–water partition coefficient (Wildman–Crippen LogP) is 2.61. The molecule has 1 atom stereocenters. The summed E-state index contributed by atoms with van der Waals surface area (Å²) in [6.07, 6.45) is 3.66. The third-order valence-electron chi connectivity index (χ3n) is 3.38. The lowest BCUT2D eigenvalue weighted by Gasteiger charge is -2.14. The zero-order chi connectivity index (χ0) is 15.1. The van der Waals surface area contributed by atoms with Crippen molar-refractivity contribution in [2.75, 3.05) is 5.32 Å². The number of hydrogen-bond donors (Lipinski definition) is 1. The molecule has 22 heavy (non-hydrogen) atoms. The maximum Gasteiger partial charge on any atom is 0.212 e. The van der Waals surface area contributed by atoms with Gasteiger partial charge in [0.1, 0.15) is 17.2 Å². The minimum absolute atomic E-state index is 0.00612. The van der Waals surface area contributed by atoms with E-state index in [9.17, 15) is 0 Å². The summed E-state index contributed by atoms with van der Waals surface area (Å²) in [5.41, 5.74) is 3.39. The standard InChI is InChI=1S/C14H13N7S/c1-8(11-6-21-14(20-11)22-7-16-21)17-13-10-4-3-5-15-12(10)18-9(2)19-13/h3-8H,1-2H3,(H,15,17,18,19). The van der Waals surface area contributed by atoms with Crippen LogP contribution in [-0.2, 0) is 0 Å². The molecule has 1 unspecified atom stereocenters. The van der Waals surface area contributed by atoms with Crippen LogP contribution in [0.3, 0.4) is 0 Å². The summed E-state index contributed by atoms with van der Waals surface area (Å²) in [7, 11) is 0. The van der Waals surface area contributed by atoms with Gasteiger partial charge in [-0.2, -0.15) is 5.10 Å². The van der Waals surface area contributed by atoms with Crippen LogP contribution in [0.25, 0.3) is 16.0 Å². The second-order valence-electron chi connectivity index (χ2n) is 4.99. The van der Waals surface area contributed by atoms with Crippen molar-refractivity contribution in [3.05, 3.63) is 41.6 Å². The van der Waals surface area contributed by atoms with Crippen LogP contribution in [0.2, 0.25) is 0 Å². The lowest BCUT2D eigenvalue weighted by Crippen LogP contribution is -2.10. The molecule has 0 fully saturated rings. The molecule has 0 saturated heterocycles. The minimum Gasteiger partial charge on any atom is -0.361 e. The van der Waals surface area contributed by atoms with E-state index in [1.165, 1.54) is 11.3 Å². The monoisotopic (exact) mass is 311 g/mol. The van der Waals surface area contributed by atoms with Crippen molar-refractivity contribution in [3.8, 4) is 0 Å². The van der Waals surface area contributed by atoms with Gasteiger partial charge in [-0.3, -0.25) is 0 Å². The van der Waals surface area contributed by atoms with E-state index < -0.39 is 0 Å². The number of aryl methyl sites for hydroxylation is 1. The Hall–Kier alpha value is -2.61. The predicted molar refractivity (Wildman–Crippen MR) is 85.0 cm³/mol. The van der Waals surface area contributed by atoms with Crippen LogP contribution < -0.4 is 5.32 Å². The molecular weight excluding hydrogens is 298 g/mol. The van der Waals surface area contributed by atoms with Gasteiger partial charge in [0.15, 0.2) is 5.65 Å². The maximum atomic E-state index is 4.57. The Labute approximate surface area is 130 Å². The van der Waals surface area contributed by atoms with Gasteiger partial charge in [-0.1, -0.05) is 11.3 Å². The second-order valence-corrected chi connectivity index (χ2v) is 5.80. The van der Waals surface area contributed by atoms with E-state index in [-0.39, 0.29) is 6.04 Å². The summed E-state index contributed by atoms with van der Waals surface area (Å²) in [6.45, 7) is 3.91. The molecule has 7 nitrogen and oxygen atoms in total. The molecule has 110 valence electrons. The van der Waals surface area contributed by atoms with Gasteiger partial charge < -0.3 is 5.32 Å². The average molecular weight is 311 g/mol. The van der Waals surface area contributed by atoms with E-state index >= 15 is 0 Å². The molecule has 4 aromatic heterocycles. The lowest BCUT2D eigenvalue weighted by molar-refractivity contribution is 0.837. The van der Waals surface area contributed by atoms with Crippen molar-refractivity contribution < 1.29 is 0 Å². The van der Waals surface area contributed by atoms with Crippen molar-refractivity contribution in [1.82, 2.24) is 29.5 Å². The molecule has 0 spiro atoms. The Morgan fingerprint density at radius 3 is 3.05 bits per heavy atom. The number of pyridine rings is 1. The fourth-order valence-corrected chi connectivity index (χ4v) is 2.93. The number of nitrogens with zero attached hydrogens (tertiary/aromatic N) is 6. The Morgan fingerprint density at radius 2 is 2.18 bits per heavy atom. The van der Waals surface area contributed by atoms with Crippen molar-refractivity contribution in [2.24, 2.45) is 0 Å².